The predicted molar refractivity (Wildman–Crippen MR) is 197 cm³/mol. The number of aliphatic hydroxyl groups is 1. The Balaban J connectivity index is 1.95. The van der Waals surface area contributed by atoms with E-state index in [2.05, 4.69) is 49.0 Å². The number of aromatic amines is 2. The lowest BCUT2D eigenvalue weighted by Crippen LogP contribution is -2.28. The van der Waals surface area contributed by atoms with Crippen molar-refractivity contribution in [3.8, 4) is 0 Å². The standard InChI is InChI=1S/C39H49N5O7/c1-8-24-20(3)28-17-30-22(5)26(10-11-34(46)47)37(43-30)27(16-35(48)50-7)38-36(39(49)40-12-14-51-15-13-45)23(6)31(44-38)19-33-25(9-2)21(4)29(42-33)18-32(24)41-28/h17-19,22,26,41,44-45H,8-16H2,1-7H3,(H,40,49)(H,46,47). The van der Waals surface area contributed by atoms with Gasteiger partial charge in [0.05, 0.1) is 61.5 Å². The Morgan fingerprint density at radius 3 is 2.31 bits per heavy atom. The number of aliphatic hydroxyl groups excluding tert-OH is 1. The first-order valence-electron chi connectivity index (χ1n) is 17.7. The summed E-state index contributed by atoms with van der Waals surface area (Å²) in [5, 5.41) is 21.7. The highest BCUT2D eigenvalue weighted by Gasteiger charge is 2.33. The van der Waals surface area contributed by atoms with Crippen LogP contribution in [-0.2, 0) is 31.9 Å². The van der Waals surface area contributed by atoms with Gasteiger partial charge < -0.3 is 35.0 Å². The zero-order valence-electron chi connectivity index (χ0n) is 30.6. The van der Waals surface area contributed by atoms with E-state index < -0.39 is 11.9 Å². The normalized spacial score (nSPS) is 15.7. The van der Waals surface area contributed by atoms with Gasteiger partial charge in [-0.15, -0.1) is 0 Å². The molecule has 3 aromatic rings. The van der Waals surface area contributed by atoms with E-state index in [-0.39, 0.29) is 63.4 Å². The molecule has 2 atom stereocenters. The van der Waals surface area contributed by atoms with E-state index in [0.29, 0.717) is 33.4 Å². The number of carbonyl (C=O) groups excluding carboxylic acids is 2. The quantitative estimate of drug-likeness (QED) is 0.105. The molecule has 0 aromatic carbocycles. The molecule has 5 heterocycles. The molecular weight excluding hydrogens is 650 g/mol. The molecule has 0 saturated carbocycles. The van der Waals surface area contributed by atoms with Crippen LogP contribution in [0.5, 0.6) is 0 Å². The molecular formula is C39H49N5O7. The van der Waals surface area contributed by atoms with Crippen LogP contribution in [0.15, 0.2) is 18.2 Å². The van der Waals surface area contributed by atoms with Crippen molar-refractivity contribution < 1.29 is 34.1 Å². The Morgan fingerprint density at radius 2 is 1.65 bits per heavy atom. The summed E-state index contributed by atoms with van der Waals surface area (Å²) < 4.78 is 10.5. The summed E-state index contributed by atoms with van der Waals surface area (Å²) in [6.07, 6.45) is 1.54. The van der Waals surface area contributed by atoms with Crippen molar-refractivity contribution in [2.75, 3.05) is 33.5 Å². The van der Waals surface area contributed by atoms with Crippen LogP contribution < -0.4 is 5.32 Å². The second-order valence-corrected chi connectivity index (χ2v) is 13.2. The number of aryl methyl sites for hydroxylation is 3. The van der Waals surface area contributed by atoms with Gasteiger partial charge in [-0.2, -0.15) is 0 Å². The van der Waals surface area contributed by atoms with E-state index in [1.54, 1.807) is 0 Å². The zero-order chi connectivity index (χ0) is 37.0. The number of carboxylic acid groups (broad SMARTS) is 1. The maximum atomic E-state index is 14.1. The molecule has 5 N–H and O–H groups in total. The van der Waals surface area contributed by atoms with Gasteiger partial charge >= 0.3 is 11.9 Å². The Kier molecular flexibility index (Phi) is 11.8. The van der Waals surface area contributed by atoms with Gasteiger partial charge in [-0.05, 0) is 86.1 Å². The topological polar surface area (TPSA) is 180 Å². The summed E-state index contributed by atoms with van der Waals surface area (Å²) >= 11 is 0. The van der Waals surface area contributed by atoms with Crippen molar-refractivity contribution >= 4 is 51.1 Å². The first-order valence-corrected chi connectivity index (χ1v) is 17.7. The van der Waals surface area contributed by atoms with E-state index in [4.69, 9.17) is 24.5 Å². The van der Waals surface area contributed by atoms with Crippen LogP contribution >= 0.6 is 0 Å². The molecule has 0 aliphatic carbocycles. The highest BCUT2D eigenvalue weighted by Crippen LogP contribution is 2.43. The minimum Gasteiger partial charge on any atom is -0.481 e. The number of nitrogens with one attached hydrogen (secondary N) is 3. The first kappa shape index (κ1) is 37.4. The maximum Gasteiger partial charge on any atom is 0.310 e. The first-order chi connectivity index (χ1) is 24.4. The zero-order valence-corrected chi connectivity index (χ0v) is 30.6. The third kappa shape index (κ3) is 7.62. The molecule has 272 valence electrons. The molecule has 0 fully saturated rings. The summed E-state index contributed by atoms with van der Waals surface area (Å²) in [7, 11) is 1.31. The smallest absolute Gasteiger partial charge is 0.310 e. The van der Waals surface area contributed by atoms with E-state index in [0.717, 1.165) is 57.7 Å². The molecule has 0 saturated heterocycles. The summed E-state index contributed by atoms with van der Waals surface area (Å²) in [6.45, 7) is 12.7. The monoisotopic (exact) mass is 699 g/mol. The van der Waals surface area contributed by atoms with Crippen molar-refractivity contribution in [3.63, 3.8) is 0 Å². The third-order valence-electron chi connectivity index (χ3n) is 10.2. The Bertz CT molecular complexity index is 2040. The second-order valence-electron chi connectivity index (χ2n) is 13.2. The van der Waals surface area contributed by atoms with Crippen LogP contribution in [0.25, 0.3) is 33.2 Å². The number of amides is 1. The van der Waals surface area contributed by atoms with Gasteiger partial charge in [-0.1, -0.05) is 20.8 Å². The number of H-pyrrole nitrogens is 2. The number of hydrogen-bond donors (Lipinski definition) is 5. The molecule has 0 spiro atoms. The van der Waals surface area contributed by atoms with Gasteiger partial charge in [0.2, 0.25) is 0 Å². The molecule has 2 aliphatic heterocycles. The van der Waals surface area contributed by atoms with Crippen LogP contribution in [0.1, 0.15) is 114 Å². The number of aliphatic carboxylic acids is 1. The number of allylic oxidation sites excluding steroid dienone is 2. The number of ether oxygens (including phenoxy) is 2. The fourth-order valence-electron chi connectivity index (χ4n) is 7.33. The van der Waals surface area contributed by atoms with Crippen LogP contribution in [0.3, 0.4) is 0 Å². The molecule has 2 unspecified atom stereocenters. The maximum absolute atomic E-state index is 14.1. The molecule has 1 amide bonds. The van der Waals surface area contributed by atoms with E-state index in [1.807, 2.05) is 26.0 Å². The summed E-state index contributed by atoms with van der Waals surface area (Å²) in [5.41, 5.74) is 11.7. The van der Waals surface area contributed by atoms with Crippen molar-refractivity contribution in [2.24, 2.45) is 0 Å². The number of carboxylic acids is 1. The lowest BCUT2D eigenvalue weighted by atomic mass is 9.85. The average molecular weight is 700 g/mol. The largest absolute Gasteiger partial charge is 0.481 e. The van der Waals surface area contributed by atoms with E-state index >= 15 is 0 Å². The van der Waals surface area contributed by atoms with Gasteiger partial charge in [-0.25, -0.2) is 4.98 Å². The lowest BCUT2D eigenvalue weighted by molar-refractivity contribution is -0.140. The fraction of sp³-hybridized carbons (Fsp3) is 0.462. The second kappa shape index (κ2) is 16.0. The SMILES string of the molecule is CCC1=C(C)c2cc3[nH]c(cc4nc(c(CC(=O)OC)c5[nH]c(cc1n2)c(C)c5C(=O)NCCOCCO)C(CCC(=O)O)C4C)c(C)c3CC. The molecule has 12 heteroatoms. The Morgan fingerprint density at radius 1 is 0.922 bits per heavy atom. The average Bonchev–Trinajstić information content (AvgIpc) is 3.78. The van der Waals surface area contributed by atoms with Gasteiger partial charge in [0.15, 0.2) is 0 Å². The number of fused-ring (bicyclic) bond motifs is 8. The Hall–Kier alpha value is -4.81. The molecule has 8 bridgehead atoms. The number of rotatable bonds is 13. The lowest BCUT2D eigenvalue weighted by Gasteiger charge is -2.17. The van der Waals surface area contributed by atoms with Crippen molar-refractivity contribution in [1.29, 1.82) is 0 Å². The third-order valence-corrected chi connectivity index (χ3v) is 10.2. The highest BCUT2D eigenvalue weighted by atomic mass is 16.5. The summed E-state index contributed by atoms with van der Waals surface area (Å²) in [6, 6.07) is 6.07. The van der Waals surface area contributed by atoms with Crippen molar-refractivity contribution in [1.82, 2.24) is 25.3 Å². The summed E-state index contributed by atoms with van der Waals surface area (Å²) in [4.78, 5) is 56.4. The fourth-order valence-corrected chi connectivity index (χ4v) is 7.33. The van der Waals surface area contributed by atoms with Gasteiger partial charge in [0.25, 0.3) is 5.91 Å². The molecule has 51 heavy (non-hydrogen) atoms. The Labute approximate surface area is 297 Å². The number of hydrogen-bond acceptors (Lipinski definition) is 8. The highest BCUT2D eigenvalue weighted by molar-refractivity contribution is 6.06. The minimum atomic E-state index is -0.931. The van der Waals surface area contributed by atoms with E-state index in [9.17, 15) is 19.5 Å². The molecule has 12 nitrogen and oxygen atoms in total. The van der Waals surface area contributed by atoms with Crippen LogP contribution in [0, 0.1) is 13.8 Å². The number of carbonyl (C=O) groups is 3. The molecule has 2 aliphatic rings. The molecule has 5 rings (SSSR count). The molecule has 0 radical (unpaired) electrons. The molecule has 3 aromatic heterocycles. The summed E-state index contributed by atoms with van der Waals surface area (Å²) in [5.74, 6) is -2.39. The van der Waals surface area contributed by atoms with Crippen LogP contribution in [0.2, 0.25) is 0 Å². The predicted octanol–water partition coefficient (Wildman–Crippen LogP) is 6.04. The number of esters is 1. The number of aromatic nitrogens is 4. The minimum absolute atomic E-state index is 0.0959. The van der Waals surface area contributed by atoms with Gasteiger partial charge in [0.1, 0.15) is 0 Å². The van der Waals surface area contributed by atoms with Crippen molar-refractivity contribution in [2.45, 2.75) is 85.5 Å². The van der Waals surface area contributed by atoms with Crippen LogP contribution in [0.4, 0.5) is 0 Å². The van der Waals surface area contributed by atoms with Crippen LogP contribution in [-0.4, -0.2) is 81.5 Å². The number of methoxy groups -OCH3 is 1. The van der Waals surface area contributed by atoms with Crippen molar-refractivity contribution in [3.05, 3.63) is 68.8 Å². The number of nitrogens with zero attached hydrogens (tertiary/aromatic N) is 2. The van der Waals surface area contributed by atoms with Gasteiger partial charge in [0, 0.05) is 52.6 Å². The van der Waals surface area contributed by atoms with Gasteiger partial charge in [-0.3, -0.25) is 19.4 Å². The van der Waals surface area contributed by atoms with E-state index in [1.165, 1.54) is 12.7 Å².